The number of aliphatic carboxylic acids is 1. The molecule has 0 aliphatic carbocycles. The molecule has 0 spiro atoms. The maximum absolute atomic E-state index is 12.3. The Morgan fingerprint density at radius 1 is 1.40 bits per heavy atom. The molecule has 1 atom stereocenters. The number of hydrogen-bond donors (Lipinski definition) is 2. The average molecular weight is 298 g/mol. The predicted octanol–water partition coefficient (Wildman–Crippen LogP) is 0.913. The van der Waals surface area contributed by atoms with Crippen LogP contribution in [0.3, 0.4) is 0 Å². The van der Waals surface area contributed by atoms with E-state index in [0.29, 0.717) is 12.0 Å². The molecule has 0 aromatic heterocycles. The largest absolute Gasteiger partial charge is 0.480 e. The smallest absolute Gasteiger partial charge is 0.326 e. The van der Waals surface area contributed by atoms with Gasteiger partial charge in [-0.15, -0.1) is 0 Å². The number of benzene rings is 1. The van der Waals surface area contributed by atoms with Crippen LogP contribution in [0.4, 0.5) is 0 Å². The van der Waals surface area contributed by atoms with E-state index in [1.165, 1.54) is 0 Å². The van der Waals surface area contributed by atoms with Gasteiger partial charge in [0.2, 0.25) is 0 Å². The third-order valence-corrected chi connectivity index (χ3v) is 4.95. The first-order valence-electron chi connectivity index (χ1n) is 6.42. The maximum atomic E-state index is 12.3. The van der Waals surface area contributed by atoms with Crippen LogP contribution in [-0.2, 0) is 21.4 Å². The van der Waals surface area contributed by atoms with E-state index in [9.17, 15) is 18.3 Å². The molecule has 0 saturated carbocycles. The van der Waals surface area contributed by atoms with Gasteiger partial charge in [0.05, 0.1) is 0 Å². The first-order valence-corrected chi connectivity index (χ1v) is 7.86. The summed E-state index contributed by atoms with van der Waals surface area (Å²) >= 11 is 0. The van der Waals surface area contributed by atoms with Gasteiger partial charge in [0, 0.05) is 12.6 Å². The van der Waals surface area contributed by atoms with Crippen LogP contribution in [0.1, 0.15) is 31.0 Å². The van der Waals surface area contributed by atoms with Crippen LogP contribution < -0.4 is 4.72 Å². The molecule has 1 aliphatic rings. The minimum atomic E-state index is -3.82. The van der Waals surface area contributed by atoms with Crippen LogP contribution in [0.5, 0.6) is 0 Å². The van der Waals surface area contributed by atoms with E-state index < -0.39 is 22.2 Å². The predicted molar refractivity (Wildman–Crippen MR) is 74.4 cm³/mol. The van der Waals surface area contributed by atoms with Crippen molar-refractivity contribution in [3.05, 3.63) is 35.4 Å². The molecule has 0 fully saturated rings. The van der Waals surface area contributed by atoms with E-state index in [1.54, 1.807) is 26.0 Å². The van der Waals surface area contributed by atoms with Crippen molar-refractivity contribution in [1.29, 1.82) is 0 Å². The summed E-state index contributed by atoms with van der Waals surface area (Å²) in [4.78, 5) is 11.5. The molecule has 1 aliphatic heterocycles. The standard InChI is InChI=1S/C13H18N2O4S/c1-9(2)14-20(18,19)15-8-7-10-5-3-4-6-11(10)12(15)13(16)17/h3-6,9,12,14H,7-8H2,1-2H3,(H,16,17). The van der Waals surface area contributed by atoms with Gasteiger partial charge >= 0.3 is 5.97 Å². The van der Waals surface area contributed by atoms with Crippen molar-refractivity contribution < 1.29 is 18.3 Å². The molecule has 2 N–H and O–H groups in total. The molecule has 1 unspecified atom stereocenters. The number of carbonyl (C=O) groups is 1. The van der Waals surface area contributed by atoms with Gasteiger partial charge in [0.1, 0.15) is 6.04 Å². The Morgan fingerprint density at radius 2 is 2.05 bits per heavy atom. The molecule has 0 amide bonds. The van der Waals surface area contributed by atoms with Crippen LogP contribution in [-0.4, -0.2) is 36.4 Å². The zero-order valence-electron chi connectivity index (χ0n) is 11.4. The lowest BCUT2D eigenvalue weighted by atomic mass is 9.94. The molecule has 7 heteroatoms. The zero-order chi connectivity index (χ0) is 14.9. The molecule has 1 aromatic rings. The summed E-state index contributed by atoms with van der Waals surface area (Å²) in [6.07, 6.45) is 0.513. The monoisotopic (exact) mass is 298 g/mol. The van der Waals surface area contributed by atoms with Gasteiger partial charge in [0.25, 0.3) is 10.2 Å². The first-order chi connectivity index (χ1) is 9.33. The molecule has 110 valence electrons. The van der Waals surface area contributed by atoms with Gasteiger partial charge in [-0.1, -0.05) is 24.3 Å². The number of nitrogens with one attached hydrogen (secondary N) is 1. The Morgan fingerprint density at radius 3 is 2.65 bits per heavy atom. The molecule has 1 heterocycles. The molecule has 1 aromatic carbocycles. The summed E-state index contributed by atoms with van der Waals surface area (Å²) in [5.74, 6) is -1.16. The van der Waals surface area contributed by atoms with Crippen LogP contribution in [0, 0.1) is 0 Å². The lowest BCUT2D eigenvalue weighted by molar-refractivity contribution is -0.142. The third-order valence-electron chi connectivity index (χ3n) is 3.17. The van der Waals surface area contributed by atoms with Gasteiger partial charge in [-0.2, -0.15) is 17.4 Å². The number of nitrogens with zero attached hydrogens (tertiary/aromatic N) is 1. The normalized spacial score (nSPS) is 19.9. The number of carboxylic acids is 1. The topological polar surface area (TPSA) is 86.7 Å². The fraction of sp³-hybridized carbons (Fsp3) is 0.462. The highest BCUT2D eigenvalue weighted by molar-refractivity contribution is 7.87. The van der Waals surface area contributed by atoms with E-state index in [4.69, 9.17) is 0 Å². The van der Waals surface area contributed by atoms with Crippen molar-refractivity contribution in [2.75, 3.05) is 6.54 Å². The van der Waals surface area contributed by atoms with Crippen molar-refractivity contribution in [3.63, 3.8) is 0 Å². The minimum Gasteiger partial charge on any atom is -0.480 e. The Hall–Kier alpha value is -1.44. The second-order valence-corrected chi connectivity index (χ2v) is 6.73. The molecule has 0 saturated heterocycles. The quantitative estimate of drug-likeness (QED) is 0.865. The van der Waals surface area contributed by atoms with Crippen molar-refractivity contribution in [2.45, 2.75) is 32.4 Å². The summed E-state index contributed by atoms with van der Waals surface area (Å²) in [5.41, 5.74) is 1.43. The Balaban J connectivity index is 2.44. The van der Waals surface area contributed by atoms with E-state index in [0.717, 1.165) is 9.87 Å². The number of hydrogen-bond acceptors (Lipinski definition) is 3. The molecule has 0 radical (unpaired) electrons. The summed E-state index contributed by atoms with van der Waals surface area (Å²) < 4.78 is 28.0. The lowest BCUT2D eigenvalue weighted by Crippen LogP contribution is -2.50. The van der Waals surface area contributed by atoms with Crippen LogP contribution >= 0.6 is 0 Å². The van der Waals surface area contributed by atoms with Gasteiger partial charge in [-0.05, 0) is 31.4 Å². The summed E-state index contributed by atoms with van der Waals surface area (Å²) in [7, 11) is -3.82. The number of carboxylic acid groups (broad SMARTS) is 1. The zero-order valence-corrected chi connectivity index (χ0v) is 12.2. The van der Waals surface area contributed by atoms with E-state index in [-0.39, 0.29) is 12.6 Å². The van der Waals surface area contributed by atoms with Gasteiger partial charge in [-0.3, -0.25) is 4.79 Å². The van der Waals surface area contributed by atoms with Crippen molar-refractivity contribution in [1.82, 2.24) is 9.03 Å². The van der Waals surface area contributed by atoms with Crippen molar-refractivity contribution in [2.24, 2.45) is 0 Å². The third kappa shape index (κ3) is 2.84. The second kappa shape index (κ2) is 5.51. The van der Waals surface area contributed by atoms with Crippen molar-refractivity contribution >= 4 is 16.2 Å². The summed E-state index contributed by atoms with van der Waals surface area (Å²) in [6.45, 7) is 3.56. The van der Waals surface area contributed by atoms with Gasteiger partial charge < -0.3 is 5.11 Å². The van der Waals surface area contributed by atoms with Gasteiger partial charge in [0.15, 0.2) is 0 Å². The molecule has 6 nitrogen and oxygen atoms in total. The highest BCUT2D eigenvalue weighted by atomic mass is 32.2. The van der Waals surface area contributed by atoms with Crippen molar-refractivity contribution in [3.8, 4) is 0 Å². The summed E-state index contributed by atoms with van der Waals surface area (Å²) in [5, 5.41) is 9.42. The molecular formula is C13H18N2O4S. The average Bonchev–Trinajstić information content (AvgIpc) is 2.35. The Bertz CT molecular complexity index is 613. The van der Waals surface area contributed by atoms with Crippen LogP contribution in [0.15, 0.2) is 24.3 Å². The second-order valence-electron chi connectivity index (χ2n) is 5.08. The van der Waals surface area contributed by atoms with E-state index >= 15 is 0 Å². The fourth-order valence-corrected chi connectivity index (χ4v) is 3.97. The Labute approximate surface area is 118 Å². The first kappa shape index (κ1) is 15.0. The van der Waals surface area contributed by atoms with Crippen LogP contribution in [0.2, 0.25) is 0 Å². The lowest BCUT2D eigenvalue weighted by Gasteiger charge is -2.34. The highest BCUT2D eigenvalue weighted by Gasteiger charge is 2.39. The number of rotatable bonds is 4. The van der Waals surface area contributed by atoms with E-state index in [2.05, 4.69) is 4.72 Å². The van der Waals surface area contributed by atoms with E-state index in [1.807, 2.05) is 12.1 Å². The molecule has 2 rings (SSSR count). The molecule has 20 heavy (non-hydrogen) atoms. The highest BCUT2D eigenvalue weighted by Crippen LogP contribution is 2.31. The Kier molecular flexibility index (Phi) is 4.12. The van der Waals surface area contributed by atoms with Gasteiger partial charge in [-0.25, -0.2) is 0 Å². The number of fused-ring (bicyclic) bond motifs is 1. The molecular weight excluding hydrogens is 280 g/mol. The van der Waals surface area contributed by atoms with Crippen LogP contribution in [0.25, 0.3) is 0 Å². The maximum Gasteiger partial charge on any atom is 0.326 e. The fourth-order valence-electron chi connectivity index (χ4n) is 2.42. The molecule has 0 bridgehead atoms. The SMILES string of the molecule is CC(C)NS(=O)(=O)N1CCc2ccccc2C1C(=O)O. The minimum absolute atomic E-state index is 0.163. The summed E-state index contributed by atoms with van der Waals surface area (Å²) in [6, 6.07) is 5.61.